The van der Waals surface area contributed by atoms with Crippen LogP contribution < -0.4 is 4.90 Å². The molecule has 0 unspecified atom stereocenters. The molecule has 102 valence electrons. The molecule has 0 aliphatic carbocycles. The Balaban J connectivity index is 2.17. The summed E-state index contributed by atoms with van der Waals surface area (Å²) in [6.45, 7) is 3.82. The van der Waals surface area contributed by atoms with Crippen LogP contribution in [0.3, 0.4) is 0 Å². The molecule has 0 aliphatic rings. The predicted octanol–water partition coefficient (Wildman–Crippen LogP) is 3.75. The second-order valence-corrected chi connectivity index (χ2v) is 5.77. The fourth-order valence-corrected chi connectivity index (χ4v) is 2.44. The maximum Gasteiger partial charge on any atom is 0.225 e. The van der Waals surface area contributed by atoms with E-state index >= 15 is 0 Å². The molecule has 19 heavy (non-hydrogen) atoms. The Morgan fingerprint density at radius 1 is 1.37 bits per heavy atom. The van der Waals surface area contributed by atoms with Crippen molar-refractivity contribution in [2.45, 2.75) is 26.4 Å². The summed E-state index contributed by atoms with van der Waals surface area (Å²) in [7, 11) is 2.03. The van der Waals surface area contributed by atoms with Crippen molar-refractivity contribution in [3.63, 3.8) is 0 Å². The molecule has 2 rings (SSSR count). The molecule has 0 bridgehead atoms. The van der Waals surface area contributed by atoms with E-state index < -0.39 is 0 Å². The van der Waals surface area contributed by atoms with Crippen LogP contribution in [0.15, 0.2) is 28.7 Å². The number of aromatic amines is 1. The Labute approximate surface area is 126 Å². The Morgan fingerprint density at radius 2 is 2.05 bits per heavy atom. The molecule has 6 heteroatoms. The van der Waals surface area contributed by atoms with Crippen LogP contribution in [-0.4, -0.2) is 21.8 Å². The fourth-order valence-electron chi connectivity index (χ4n) is 1.96. The zero-order chi connectivity index (χ0) is 13.8. The van der Waals surface area contributed by atoms with Crippen molar-refractivity contribution < 1.29 is 0 Å². The minimum absolute atomic E-state index is 0.680. The van der Waals surface area contributed by atoms with E-state index in [4.69, 9.17) is 12.2 Å². The average molecular weight is 341 g/mol. The molecular weight excluding hydrogens is 324 g/mol. The van der Waals surface area contributed by atoms with Gasteiger partial charge in [0.15, 0.2) is 4.77 Å². The van der Waals surface area contributed by atoms with Gasteiger partial charge in [-0.3, -0.25) is 4.57 Å². The first-order valence-corrected chi connectivity index (χ1v) is 7.42. The first-order valence-electron chi connectivity index (χ1n) is 6.22. The molecule has 4 nitrogen and oxygen atoms in total. The van der Waals surface area contributed by atoms with Gasteiger partial charge in [0.2, 0.25) is 5.95 Å². The standard InChI is InChI=1S/C13H17BrN4S/c1-3-8-18-12(15-16-13(18)19)17(2)9-10-4-6-11(14)7-5-10/h4-7H,3,8-9H2,1-2H3,(H,16,19). The summed E-state index contributed by atoms with van der Waals surface area (Å²) in [5.74, 6) is 0.884. The quantitative estimate of drug-likeness (QED) is 0.842. The lowest BCUT2D eigenvalue weighted by Crippen LogP contribution is -2.21. The van der Waals surface area contributed by atoms with Crippen molar-refractivity contribution in [1.82, 2.24) is 14.8 Å². The number of hydrogen-bond donors (Lipinski definition) is 1. The highest BCUT2D eigenvalue weighted by atomic mass is 79.9. The summed E-state index contributed by atoms with van der Waals surface area (Å²) in [5.41, 5.74) is 1.24. The van der Waals surface area contributed by atoms with Gasteiger partial charge in [-0.05, 0) is 36.3 Å². The normalized spacial score (nSPS) is 10.7. The van der Waals surface area contributed by atoms with Crippen molar-refractivity contribution in [3.8, 4) is 0 Å². The number of hydrogen-bond acceptors (Lipinski definition) is 3. The molecule has 0 saturated heterocycles. The van der Waals surface area contributed by atoms with Gasteiger partial charge >= 0.3 is 0 Å². The highest BCUT2D eigenvalue weighted by molar-refractivity contribution is 9.10. The topological polar surface area (TPSA) is 36.9 Å². The number of rotatable bonds is 5. The van der Waals surface area contributed by atoms with Crippen molar-refractivity contribution in [3.05, 3.63) is 39.1 Å². The molecule has 0 radical (unpaired) electrons. The van der Waals surface area contributed by atoms with E-state index in [2.05, 4.69) is 50.1 Å². The number of H-pyrrole nitrogens is 1. The lowest BCUT2D eigenvalue weighted by atomic mass is 10.2. The van der Waals surface area contributed by atoms with Crippen LogP contribution in [-0.2, 0) is 13.1 Å². The van der Waals surface area contributed by atoms with Crippen LogP contribution in [0.2, 0.25) is 0 Å². The number of benzene rings is 1. The predicted molar refractivity (Wildman–Crippen MR) is 84.0 cm³/mol. The van der Waals surface area contributed by atoms with Gasteiger partial charge in [0.1, 0.15) is 0 Å². The molecule has 2 aromatic rings. The molecule has 0 amide bonds. The van der Waals surface area contributed by atoms with E-state index in [1.165, 1.54) is 5.56 Å². The maximum absolute atomic E-state index is 5.25. The summed E-state index contributed by atoms with van der Waals surface area (Å²) in [6.07, 6.45) is 1.03. The third-order valence-corrected chi connectivity index (χ3v) is 3.70. The smallest absolute Gasteiger partial charge is 0.225 e. The Bertz CT molecular complexity index is 587. The zero-order valence-corrected chi connectivity index (χ0v) is 13.5. The summed E-state index contributed by atoms with van der Waals surface area (Å²) in [5, 5.41) is 7.17. The number of anilines is 1. The van der Waals surface area contributed by atoms with Crippen LogP contribution >= 0.6 is 28.1 Å². The minimum Gasteiger partial charge on any atom is -0.340 e. The minimum atomic E-state index is 0.680. The van der Waals surface area contributed by atoms with E-state index in [0.29, 0.717) is 4.77 Å². The summed E-state index contributed by atoms with van der Waals surface area (Å²) in [6, 6.07) is 8.30. The SMILES string of the molecule is CCCn1c(N(C)Cc2ccc(Br)cc2)n[nH]c1=S. The van der Waals surface area contributed by atoms with Crippen LogP contribution in [0.5, 0.6) is 0 Å². The molecular formula is C13H17BrN4S. The Kier molecular flexibility index (Phi) is 4.76. The van der Waals surface area contributed by atoms with Crippen molar-refractivity contribution in [1.29, 1.82) is 0 Å². The third-order valence-electron chi connectivity index (χ3n) is 2.86. The highest BCUT2D eigenvalue weighted by Crippen LogP contribution is 2.16. The average Bonchev–Trinajstić information content (AvgIpc) is 2.75. The molecule has 0 spiro atoms. The second-order valence-electron chi connectivity index (χ2n) is 4.46. The number of nitrogens with one attached hydrogen (secondary N) is 1. The van der Waals surface area contributed by atoms with Crippen molar-refractivity contribution >= 4 is 34.1 Å². The summed E-state index contributed by atoms with van der Waals surface area (Å²) < 4.78 is 3.81. The van der Waals surface area contributed by atoms with E-state index in [0.717, 1.165) is 29.9 Å². The number of nitrogens with zero attached hydrogens (tertiary/aromatic N) is 3. The highest BCUT2D eigenvalue weighted by Gasteiger charge is 2.10. The van der Waals surface area contributed by atoms with Gasteiger partial charge in [0, 0.05) is 24.6 Å². The Hall–Kier alpha value is -1.14. The first kappa shape index (κ1) is 14.3. The maximum atomic E-state index is 5.25. The molecule has 0 aliphatic heterocycles. The number of aromatic nitrogens is 3. The first-order chi connectivity index (χ1) is 9.11. The van der Waals surface area contributed by atoms with Crippen LogP contribution in [0.1, 0.15) is 18.9 Å². The molecule has 1 heterocycles. The van der Waals surface area contributed by atoms with Crippen molar-refractivity contribution in [2.24, 2.45) is 0 Å². The van der Waals surface area contributed by atoms with Gasteiger partial charge in [-0.15, -0.1) is 5.10 Å². The van der Waals surface area contributed by atoms with Crippen molar-refractivity contribution in [2.75, 3.05) is 11.9 Å². The fraction of sp³-hybridized carbons (Fsp3) is 0.385. The third kappa shape index (κ3) is 3.45. The van der Waals surface area contributed by atoms with E-state index in [-0.39, 0.29) is 0 Å². The summed E-state index contributed by atoms with van der Waals surface area (Å²) in [4.78, 5) is 2.10. The molecule has 1 aromatic carbocycles. The summed E-state index contributed by atoms with van der Waals surface area (Å²) >= 11 is 8.69. The molecule has 0 saturated carbocycles. The monoisotopic (exact) mass is 340 g/mol. The van der Waals surface area contributed by atoms with E-state index in [1.54, 1.807) is 0 Å². The van der Waals surface area contributed by atoms with Gasteiger partial charge in [-0.25, -0.2) is 5.10 Å². The molecule has 1 aromatic heterocycles. The molecule has 0 fully saturated rings. The Morgan fingerprint density at radius 3 is 2.68 bits per heavy atom. The molecule has 0 atom stereocenters. The van der Waals surface area contributed by atoms with Gasteiger partial charge in [-0.2, -0.15) is 0 Å². The van der Waals surface area contributed by atoms with Crippen LogP contribution in [0.25, 0.3) is 0 Å². The molecule has 1 N–H and O–H groups in total. The van der Waals surface area contributed by atoms with E-state index in [1.807, 2.05) is 23.7 Å². The lowest BCUT2D eigenvalue weighted by Gasteiger charge is -2.18. The lowest BCUT2D eigenvalue weighted by molar-refractivity contribution is 0.654. The largest absolute Gasteiger partial charge is 0.340 e. The van der Waals surface area contributed by atoms with Gasteiger partial charge in [0.05, 0.1) is 0 Å². The van der Waals surface area contributed by atoms with E-state index in [9.17, 15) is 0 Å². The van der Waals surface area contributed by atoms with Gasteiger partial charge in [0.25, 0.3) is 0 Å². The second kappa shape index (κ2) is 6.34. The van der Waals surface area contributed by atoms with Crippen LogP contribution in [0, 0.1) is 4.77 Å². The van der Waals surface area contributed by atoms with Crippen LogP contribution in [0.4, 0.5) is 5.95 Å². The van der Waals surface area contributed by atoms with Gasteiger partial charge in [-0.1, -0.05) is 35.0 Å². The zero-order valence-electron chi connectivity index (χ0n) is 11.1. The van der Waals surface area contributed by atoms with Gasteiger partial charge < -0.3 is 4.90 Å². The number of halogens is 1.